The smallest absolute Gasteiger partial charge is 0.229 e. The summed E-state index contributed by atoms with van der Waals surface area (Å²) in [7, 11) is 1.60. The monoisotopic (exact) mass is 848 g/mol. The van der Waals surface area contributed by atoms with Crippen molar-refractivity contribution in [3.63, 3.8) is 0 Å². The number of rotatable bonds is 22. The molecule has 2 aliphatic heterocycles. The number of hydrogen-bond acceptors (Lipinski definition) is 12. The first-order valence-corrected chi connectivity index (χ1v) is 20.9. The number of benzene rings is 5. The van der Waals surface area contributed by atoms with Crippen molar-refractivity contribution in [2.24, 2.45) is 0 Å². The van der Waals surface area contributed by atoms with Crippen LogP contribution in [0.3, 0.4) is 0 Å². The quantitative estimate of drug-likeness (QED) is 0.0710. The van der Waals surface area contributed by atoms with Gasteiger partial charge in [0.15, 0.2) is 6.29 Å². The Morgan fingerprint density at radius 1 is 0.532 bits per heavy atom. The third kappa shape index (κ3) is 12.4. The molecular weight excluding hydrogens is 793 g/mol. The summed E-state index contributed by atoms with van der Waals surface area (Å²) in [5.41, 5.74) is 3.70. The van der Waals surface area contributed by atoms with Crippen LogP contribution < -0.4 is 9.47 Å². The van der Waals surface area contributed by atoms with Crippen molar-refractivity contribution in [1.82, 2.24) is 0 Å². The number of hydrogen-bond donors (Lipinski definition) is 2. The maximum atomic E-state index is 11.5. The Bertz CT molecular complexity index is 2010. The molecule has 2 saturated heterocycles. The van der Waals surface area contributed by atoms with Crippen LogP contribution in [-0.4, -0.2) is 98.6 Å². The molecule has 0 saturated carbocycles. The van der Waals surface area contributed by atoms with E-state index in [4.69, 9.17) is 47.4 Å². The Balaban J connectivity index is 1.28. The SMILES string of the molecule is C=CCO[C@H]1[C@@H](O)[C@@H](CO)O[C@@H](O[C@H]2[C@H](OCc3ccccc3)[C@@H](OCc3ccccc3)[C@H](Oc3ccc(OC)cc3)O[C@@H]2COCc2ccccc2)[C@@H]1OCc1ccccc1. The second kappa shape index (κ2) is 23.5. The average molecular weight is 849 g/mol. The van der Waals surface area contributed by atoms with Crippen LogP contribution >= 0.6 is 0 Å². The van der Waals surface area contributed by atoms with Crippen LogP contribution in [0.4, 0.5) is 0 Å². The molecule has 5 aromatic rings. The standard InChI is InChI=1S/C50H56O12/c1-3-28-55-45-43(52)41(29-51)60-50(47(45)57-32-37-20-12-6-13-21-37)62-44-42(34-54-30-35-16-8-4-9-17-35)61-49(59-40-26-24-39(53-2)25-27-40)48(58-33-38-22-14-7-15-23-38)46(44)56-31-36-18-10-5-11-19-36/h3-27,41-52H,1,28-34H2,2H3/t41-,42-,43+,44-,45+,46+,47-,48-,49-,50+/m1/s1. The van der Waals surface area contributed by atoms with Gasteiger partial charge in [-0.2, -0.15) is 0 Å². The van der Waals surface area contributed by atoms with Crippen LogP contribution in [0.2, 0.25) is 0 Å². The van der Waals surface area contributed by atoms with Crippen LogP contribution in [-0.2, 0) is 64.3 Å². The fourth-order valence-electron chi connectivity index (χ4n) is 7.45. The second-order valence-corrected chi connectivity index (χ2v) is 15.0. The summed E-state index contributed by atoms with van der Waals surface area (Å²) in [4.78, 5) is 0. The molecule has 2 heterocycles. The molecule has 0 radical (unpaired) electrons. The Hall–Kier alpha value is -4.96. The van der Waals surface area contributed by atoms with E-state index in [0.29, 0.717) is 18.1 Å². The van der Waals surface area contributed by atoms with E-state index in [9.17, 15) is 10.2 Å². The van der Waals surface area contributed by atoms with Gasteiger partial charge < -0.3 is 57.6 Å². The van der Waals surface area contributed by atoms with Crippen molar-refractivity contribution >= 4 is 0 Å². The van der Waals surface area contributed by atoms with Crippen molar-refractivity contribution in [3.05, 3.63) is 181 Å². The summed E-state index contributed by atoms with van der Waals surface area (Å²) in [6.07, 6.45) is -8.55. The Labute approximate surface area is 363 Å². The lowest BCUT2D eigenvalue weighted by Crippen LogP contribution is -2.66. The van der Waals surface area contributed by atoms with Crippen LogP contribution in [0.5, 0.6) is 11.5 Å². The molecule has 2 aliphatic rings. The highest BCUT2D eigenvalue weighted by Crippen LogP contribution is 2.36. The van der Waals surface area contributed by atoms with E-state index in [1.165, 1.54) is 0 Å². The molecule has 0 bridgehead atoms. The third-order valence-corrected chi connectivity index (χ3v) is 10.6. The van der Waals surface area contributed by atoms with E-state index in [1.807, 2.05) is 121 Å². The van der Waals surface area contributed by atoms with Crippen LogP contribution in [0.25, 0.3) is 0 Å². The van der Waals surface area contributed by atoms with Gasteiger partial charge in [0.1, 0.15) is 60.3 Å². The van der Waals surface area contributed by atoms with Gasteiger partial charge in [-0.15, -0.1) is 6.58 Å². The minimum Gasteiger partial charge on any atom is -0.497 e. The number of ether oxygens (including phenoxy) is 10. The van der Waals surface area contributed by atoms with Gasteiger partial charge in [0.2, 0.25) is 6.29 Å². The molecule has 62 heavy (non-hydrogen) atoms. The Kier molecular flexibility index (Phi) is 17.1. The van der Waals surface area contributed by atoms with Gasteiger partial charge in [-0.05, 0) is 46.5 Å². The predicted octanol–water partition coefficient (Wildman–Crippen LogP) is 6.81. The lowest BCUT2D eigenvalue weighted by Gasteiger charge is -2.49. The summed E-state index contributed by atoms with van der Waals surface area (Å²) in [5, 5.41) is 22.0. The summed E-state index contributed by atoms with van der Waals surface area (Å²) < 4.78 is 65.3. The zero-order valence-corrected chi connectivity index (χ0v) is 34.8. The normalized spacial score (nSPS) is 26.1. The topological polar surface area (TPSA) is 133 Å². The zero-order valence-electron chi connectivity index (χ0n) is 34.8. The van der Waals surface area contributed by atoms with Crippen LogP contribution in [0, 0.1) is 0 Å². The minimum absolute atomic E-state index is 0.0450. The Morgan fingerprint density at radius 2 is 1.00 bits per heavy atom. The fraction of sp³-hybridized carbons (Fsp3) is 0.360. The number of aliphatic hydroxyl groups excluding tert-OH is 2. The molecule has 0 unspecified atom stereocenters. The first-order valence-electron chi connectivity index (χ1n) is 20.9. The fourth-order valence-corrected chi connectivity index (χ4v) is 7.45. The molecule has 0 aliphatic carbocycles. The van der Waals surface area contributed by atoms with E-state index in [-0.39, 0.29) is 33.0 Å². The predicted molar refractivity (Wildman–Crippen MR) is 230 cm³/mol. The van der Waals surface area contributed by atoms with E-state index in [1.54, 1.807) is 37.5 Å². The van der Waals surface area contributed by atoms with Gasteiger partial charge >= 0.3 is 0 Å². The lowest BCUT2D eigenvalue weighted by molar-refractivity contribution is -0.367. The van der Waals surface area contributed by atoms with Gasteiger partial charge in [-0.1, -0.05) is 127 Å². The summed E-state index contributed by atoms with van der Waals surface area (Å²) in [6.45, 7) is 4.27. The van der Waals surface area contributed by atoms with Gasteiger partial charge in [0.25, 0.3) is 0 Å². The molecule has 12 heteroatoms. The highest BCUT2D eigenvalue weighted by atomic mass is 16.8. The molecule has 0 aromatic heterocycles. The molecule has 5 aromatic carbocycles. The summed E-state index contributed by atoms with van der Waals surface area (Å²) >= 11 is 0. The minimum atomic E-state index is -1.26. The molecule has 10 atom stereocenters. The van der Waals surface area contributed by atoms with E-state index < -0.39 is 68.0 Å². The molecule has 0 spiro atoms. The molecular formula is C50H56O12. The molecule has 0 amide bonds. The first kappa shape index (κ1) is 45.1. The van der Waals surface area contributed by atoms with Gasteiger partial charge in [0, 0.05) is 0 Å². The van der Waals surface area contributed by atoms with Crippen molar-refractivity contribution in [1.29, 1.82) is 0 Å². The summed E-state index contributed by atoms with van der Waals surface area (Å²) in [6, 6.07) is 46.3. The van der Waals surface area contributed by atoms with Crippen molar-refractivity contribution < 1.29 is 57.6 Å². The van der Waals surface area contributed by atoms with Crippen molar-refractivity contribution in [2.75, 3.05) is 26.9 Å². The number of aliphatic hydroxyl groups is 2. The maximum absolute atomic E-state index is 11.5. The van der Waals surface area contributed by atoms with Crippen molar-refractivity contribution in [2.45, 2.75) is 87.8 Å². The third-order valence-electron chi connectivity index (χ3n) is 10.6. The highest BCUT2D eigenvalue weighted by Gasteiger charge is 2.54. The first-order chi connectivity index (χ1) is 30.5. The molecule has 328 valence electrons. The molecule has 12 nitrogen and oxygen atoms in total. The maximum Gasteiger partial charge on any atom is 0.229 e. The van der Waals surface area contributed by atoms with Gasteiger partial charge in [0.05, 0.1) is 53.4 Å². The van der Waals surface area contributed by atoms with E-state index in [0.717, 1.165) is 22.3 Å². The van der Waals surface area contributed by atoms with Gasteiger partial charge in [-0.3, -0.25) is 0 Å². The molecule has 7 rings (SSSR count). The van der Waals surface area contributed by atoms with E-state index >= 15 is 0 Å². The Morgan fingerprint density at radius 3 is 1.50 bits per heavy atom. The molecule has 2 fully saturated rings. The lowest BCUT2D eigenvalue weighted by atomic mass is 9.96. The largest absolute Gasteiger partial charge is 0.497 e. The van der Waals surface area contributed by atoms with E-state index in [2.05, 4.69) is 6.58 Å². The van der Waals surface area contributed by atoms with Gasteiger partial charge in [-0.25, -0.2) is 0 Å². The number of methoxy groups -OCH3 is 1. The van der Waals surface area contributed by atoms with Crippen LogP contribution in [0.1, 0.15) is 22.3 Å². The summed E-state index contributed by atoms with van der Waals surface area (Å²) in [5.74, 6) is 1.18. The van der Waals surface area contributed by atoms with Crippen molar-refractivity contribution in [3.8, 4) is 11.5 Å². The second-order valence-electron chi connectivity index (χ2n) is 15.0. The highest BCUT2D eigenvalue weighted by molar-refractivity contribution is 5.31. The average Bonchev–Trinajstić information content (AvgIpc) is 3.32. The zero-order chi connectivity index (χ0) is 42.9. The van der Waals surface area contributed by atoms with Crippen LogP contribution in [0.15, 0.2) is 158 Å². The molecule has 2 N–H and O–H groups in total.